The van der Waals surface area contributed by atoms with E-state index >= 15 is 0 Å². The van der Waals surface area contributed by atoms with Gasteiger partial charge in [-0.3, -0.25) is 0 Å². The third-order valence-corrected chi connectivity index (χ3v) is 3.97. The summed E-state index contributed by atoms with van der Waals surface area (Å²) in [6.07, 6.45) is 0. The Hall–Kier alpha value is -0.390. The average molecular weight is 366 g/mol. The highest BCUT2D eigenvalue weighted by atomic mass is 79.9. The Morgan fingerprint density at radius 1 is 1.12 bits per heavy atom. The minimum Gasteiger partial charge on any atom is -0.488 e. The Bertz CT molecular complexity index is 478. The zero-order valence-corrected chi connectivity index (χ0v) is 12.0. The molecule has 84 valence electrons. The van der Waals surface area contributed by atoms with E-state index in [0.29, 0.717) is 16.8 Å². The molecule has 0 atom stereocenters. The van der Waals surface area contributed by atoms with Gasteiger partial charge < -0.3 is 4.74 Å². The third kappa shape index (κ3) is 3.30. The number of thiophene rings is 1. The third-order valence-electron chi connectivity index (χ3n) is 1.84. The fourth-order valence-electron chi connectivity index (χ4n) is 1.20. The highest BCUT2D eigenvalue weighted by Crippen LogP contribution is 2.24. The molecular formula is C11H7Br2FOS. The summed E-state index contributed by atoms with van der Waals surface area (Å²) >= 11 is 8.19. The second kappa shape index (κ2) is 5.29. The second-order valence-corrected chi connectivity index (χ2v) is 5.95. The van der Waals surface area contributed by atoms with Crippen LogP contribution in [0.15, 0.2) is 38.6 Å². The van der Waals surface area contributed by atoms with Gasteiger partial charge in [0.25, 0.3) is 0 Å². The summed E-state index contributed by atoms with van der Waals surface area (Å²) in [5.74, 6) is 0.216. The summed E-state index contributed by atoms with van der Waals surface area (Å²) in [6, 6.07) is 6.49. The van der Waals surface area contributed by atoms with E-state index in [1.165, 1.54) is 12.1 Å². The molecule has 0 unspecified atom stereocenters. The van der Waals surface area contributed by atoms with Crippen LogP contribution in [0.4, 0.5) is 4.39 Å². The van der Waals surface area contributed by atoms with Gasteiger partial charge in [0.2, 0.25) is 0 Å². The van der Waals surface area contributed by atoms with Gasteiger partial charge in [0.1, 0.15) is 18.2 Å². The first-order valence-electron chi connectivity index (χ1n) is 4.45. The van der Waals surface area contributed by atoms with Crippen molar-refractivity contribution in [2.75, 3.05) is 0 Å². The van der Waals surface area contributed by atoms with E-state index in [1.54, 1.807) is 17.4 Å². The van der Waals surface area contributed by atoms with Gasteiger partial charge in [-0.1, -0.05) is 15.9 Å². The Morgan fingerprint density at radius 2 is 1.94 bits per heavy atom. The SMILES string of the molecule is Fc1cc(Br)cc(OCc2cc(Br)cs2)c1. The minimum absolute atomic E-state index is 0.309. The van der Waals surface area contributed by atoms with Crippen LogP contribution >= 0.6 is 43.2 Å². The molecule has 0 radical (unpaired) electrons. The highest BCUT2D eigenvalue weighted by Gasteiger charge is 2.02. The van der Waals surface area contributed by atoms with Crippen LogP contribution in [0.5, 0.6) is 5.75 Å². The number of hydrogen-bond donors (Lipinski definition) is 0. The maximum atomic E-state index is 13.0. The topological polar surface area (TPSA) is 9.23 Å². The molecule has 2 rings (SSSR count). The summed E-state index contributed by atoms with van der Waals surface area (Å²) in [4.78, 5) is 1.09. The minimum atomic E-state index is -0.309. The normalized spacial score (nSPS) is 10.4. The summed E-state index contributed by atoms with van der Waals surface area (Å²) < 4.78 is 20.2. The second-order valence-electron chi connectivity index (χ2n) is 3.13. The smallest absolute Gasteiger partial charge is 0.128 e. The molecule has 1 heterocycles. The summed E-state index contributed by atoms with van der Waals surface area (Å²) in [6.45, 7) is 0.451. The molecule has 0 fully saturated rings. The first-order valence-corrected chi connectivity index (χ1v) is 6.92. The molecule has 5 heteroatoms. The van der Waals surface area contributed by atoms with Crippen LogP contribution in [-0.2, 0) is 6.61 Å². The first kappa shape index (κ1) is 12.1. The lowest BCUT2D eigenvalue weighted by Crippen LogP contribution is -1.93. The van der Waals surface area contributed by atoms with Crippen molar-refractivity contribution >= 4 is 43.2 Å². The molecule has 0 N–H and O–H groups in total. The van der Waals surface area contributed by atoms with Gasteiger partial charge in [0, 0.05) is 25.3 Å². The molecule has 0 amide bonds. The molecular weight excluding hydrogens is 359 g/mol. The lowest BCUT2D eigenvalue weighted by atomic mass is 10.3. The van der Waals surface area contributed by atoms with E-state index in [0.717, 1.165) is 9.35 Å². The van der Waals surface area contributed by atoms with Crippen molar-refractivity contribution in [1.29, 1.82) is 0 Å². The Morgan fingerprint density at radius 3 is 2.56 bits per heavy atom. The van der Waals surface area contributed by atoms with Gasteiger partial charge in [-0.05, 0) is 34.1 Å². The van der Waals surface area contributed by atoms with E-state index in [4.69, 9.17) is 4.74 Å². The van der Waals surface area contributed by atoms with Gasteiger partial charge in [-0.2, -0.15) is 0 Å². The number of ether oxygens (including phenoxy) is 1. The average Bonchev–Trinajstić information content (AvgIpc) is 2.60. The molecule has 0 bridgehead atoms. The van der Waals surface area contributed by atoms with Gasteiger partial charge in [-0.15, -0.1) is 11.3 Å². The summed E-state index contributed by atoms with van der Waals surface area (Å²) in [5.41, 5.74) is 0. The number of halogens is 3. The van der Waals surface area contributed by atoms with E-state index in [2.05, 4.69) is 31.9 Å². The Balaban J connectivity index is 2.04. The van der Waals surface area contributed by atoms with Crippen molar-refractivity contribution < 1.29 is 9.13 Å². The Labute approximate surface area is 114 Å². The standard InChI is InChI=1S/C11H7Br2FOS/c12-7-1-9(14)4-10(2-7)15-5-11-3-8(13)6-16-11/h1-4,6H,5H2. The van der Waals surface area contributed by atoms with Crippen LogP contribution in [0.1, 0.15) is 4.88 Å². The number of hydrogen-bond acceptors (Lipinski definition) is 2. The molecule has 0 aliphatic rings. The van der Waals surface area contributed by atoms with Crippen molar-refractivity contribution in [2.24, 2.45) is 0 Å². The summed E-state index contributed by atoms with van der Waals surface area (Å²) in [5, 5.41) is 1.99. The zero-order valence-electron chi connectivity index (χ0n) is 8.04. The lowest BCUT2D eigenvalue weighted by Gasteiger charge is -2.05. The van der Waals surface area contributed by atoms with Crippen molar-refractivity contribution in [3.8, 4) is 5.75 Å². The van der Waals surface area contributed by atoms with Crippen molar-refractivity contribution in [3.63, 3.8) is 0 Å². The lowest BCUT2D eigenvalue weighted by molar-refractivity contribution is 0.308. The molecule has 1 aromatic carbocycles. The quantitative estimate of drug-likeness (QED) is 0.744. The predicted molar refractivity (Wildman–Crippen MR) is 70.5 cm³/mol. The molecule has 1 nitrogen and oxygen atoms in total. The van der Waals surface area contributed by atoms with Gasteiger partial charge >= 0.3 is 0 Å². The van der Waals surface area contributed by atoms with E-state index < -0.39 is 0 Å². The van der Waals surface area contributed by atoms with Crippen LogP contribution in [0.25, 0.3) is 0 Å². The van der Waals surface area contributed by atoms with Gasteiger partial charge in [-0.25, -0.2) is 4.39 Å². The monoisotopic (exact) mass is 364 g/mol. The van der Waals surface area contributed by atoms with Crippen LogP contribution in [-0.4, -0.2) is 0 Å². The largest absolute Gasteiger partial charge is 0.488 e. The molecule has 2 aromatic rings. The zero-order chi connectivity index (χ0) is 11.5. The van der Waals surface area contributed by atoms with E-state index in [1.807, 2.05) is 11.4 Å². The van der Waals surface area contributed by atoms with Crippen LogP contribution in [0, 0.1) is 5.82 Å². The summed E-state index contributed by atoms with van der Waals surface area (Å²) in [7, 11) is 0. The fraction of sp³-hybridized carbons (Fsp3) is 0.0909. The first-order chi connectivity index (χ1) is 7.63. The van der Waals surface area contributed by atoms with Crippen LogP contribution < -0.4 is 4.74 Å². The van der Waals surface area contributed by atoms with Crippen molar-refractivity contribution in [2.45, 2.75) is 6.61 Å². The molecule has 16 heavy (non-hydrogen) atoms. The highest BCUT2D eigenvalue weighted by molar-refractivity contribution is 9.10. The van der Waals surface area contributed by atoms with Gasteiger partial charge in [0.05, 0.1) is 0 Å². The van der Waals surface area contributed by atoms with E-state index in [9.17, 15) is 4.39 Å². The molecule has 0 spiro atoms. The fourth-order valence-corrected chi connectivity index (χ4v) is 3.00. The maximum absolute atomic E-state index is 13.0. The number of rotatable bonds is 3. The van der Waals surface area contributed by atoms with Gasteiger partial charge in [0.15, 0.2) is 0 Å². The van der Waals surface area contributed by atoms with Crippen molar-refractivity contribution in [3.05, 3.63) is 49.3 Å². The Kier molecular flexibility index (Phi) is 4.00. The van der Waals surface area contributed by atoms with E-state index in [-0.39, 0.29) is 5.82 Å². The number of benzene rings is 1. The molecule has 0 saturated heterocycles. The molecule has 0 aliphatic carbocycles. The molecule has 0 aliphatic heterocycles. The predicted octanol–water partition coefficient (Wildman–Crippen LogP) is 4.99. The van der Waals surface area contributed by atoms with Crippen LogP contribution in [0.3, 0.4) is 0 Å². The molecule has 0 saturated carbocycles. The molecule has 1 aromatic heterocycles. The van der Waals surface area contributed by atoms with Crippen LogP contribution in [0.2, 0.25) is 0 Å². The maximum Gasteiger partial charge on any atom is 0.128 e. The van der Waals surface area contributed by atoms with Crippen molar-refractivity contribution in [1.82, 2.24) is 0 Å².